The summed E-state index contributed by atoms with van der Waals surface area (Å²) in [5, 5.41) is 11.9. The molecule has 0 aliphatic rings. The van der Waals surface area contributed by atoms with Crippen molar-refractivity contribution >= 4 is 40.0 Å². The zero-order valence-electron chi connectivity index (χ0n) is 16.4. The molecule has 0 radical (unpaired) electrons. The largest absolute Gasteiger partial charge is 0.384 e. The van der Waals surface area contributed by atoms with Gasteiger partial charge in [0.1, 0.15) is 5.82 Å². The van der Waals surface area contributed by atoms with Crippen LogP contribution in [0.25, 0.3) is 10.9 Å². The number of nitrogens with one attached hydrogen (secondary N) is 3. The van der Waals surface area contributed by atoms with Gasteiger partial charge in [-0.15, -0.1) is 0 Å². The number of hydrogen-bond acceptors (Lipinski definition) is 6. The molecule has 0 bridgehead atoms. The van der Waals surface area contributed by atoms with E-state index >= 15 is 0 Å². The number of halogens is 1. The lowest BCUT2D eigenvalue weighted by atomic mass is 10.2. The molecule has 0 aliphatic carbocycles. The van der Waals surface area contributed by atoms with Crippen molar-refractivity contribution in [2.24, 2.45) is 0 Å². The molecule has 6 nitrogen and oxygen atoms in total. The summed E-state index contributed by atoms with van der Waals surface area (Å²) in [7, 11) is 0. The zero-order valence-corrected chi connectivity index (χ0v) is 17.2. The Morgan fingerprint density at radius 2 is 1.75 bits per heavy atom. The minimum atomic E-state index is 0.690. The van der Waals surface area contributed by atoms with Gasteiger partial charge in [0.05, 0.1) is 5.52 Å². The van der Waals surface area contributed by atoms with E-state index in [2.05, 4.69) is 37.8 Å². The van der Waals surface area contributed by atoms with E-state index in [0.29, 0.717) is 11.0 Å². The maximum Gasteiger partial charge on any atom is 0.224 e. The first-order valence-electron chi connectivity index (χ1n) is 9.77. The Kier molecular flexibility index (Phi) is 7.25. The minimum Gasteiger partial charge on any atom is -0.384 e. The molecule has 7 heteroatoms. The van der Waals surface area contributed by atoms with Crippen molar-refractivity contribution < 1.29 is 0 Å². The second-order valence-corrected chi connectivity index (χ2v) is 7.16. The molecule has 148 valence electrons. The van der Waals surface area contributed by atoms with Gasteiger partial charge in [-0.1, -0.05) is 18.5 Å². The molecule has 0 fully saturated rings. The van der Waals surface area contributed by atoms with E-state index in [1.807, 2.05) is 43.5 Å². The van der Waals surface area contributed by atoms with Crippen LogP contribution < -0.4 is 16.0 Å². The Bertz CT molecular complexity index is 915. The van der Waals surface area contributed by atoms with Gasteiger partial charge >= 0.3 is 0 Å². The lowest BCUT2D eigenvalue weighted by Crippen LogP contribution is -2.10. The number of fused-ring (bicyclic) bond motifs is 1. The van der Waals surface area contributed by atoms with Crippen LogP contribution in [0.5, 0.6) is 0 Å². The maximum atomic E-state index is 6.05. The number of unbranched alkanes of at least 4 members (excludes halogenated alkanes) is 1. The van der Waals surface area contributed by atoms with E-state index in [4.69, 9.17) is 11.6 Å². The third kappa shape index (κ3) is 5.70. The third-order valence-corrected chi connectivity index (χ3v) is 4.55. The maximum absolute atomic E-state index is 6.05. The first-order valence-corrected chi connectivity index (χ1v) is 10.1. The average molecular weight is 399 g/mol. The molecule has 2 heterocycles. The summed E-state index contributed by atoms with van der Waals surface area (Å²) in [6.45, 7) is 6.76. The molecule has 0 saturated heterocycles. The highest BCUT2D eigenvalue weighted by Gasteiger charge is 2.03. The van der Waals surface area contributed by atoms with Crippen molar-refractivity contribution in [3.8, 4) is 0 Å². The van der Waals surface area contributed by atoms with Crippen LogP contribution in [-0.2, 0) is 0 Å². The summed E-state index contributed by atoms with van der Waals surface area (Å²) in [4.78, 5) is 13.3. The van der Waals surface area contributed by atoms with Crippen molar-refractivity contribution in [3.63, 3.8) is 0 Å². The fraction of sp³-hybridized carbons (Fsp3) is 0.381. The number of anilines is 3. The highest BCUT2D eigenvalue weighted by atomic mass is 35.5. The predicted molar refractivity (Wildman–Crippen MR) is 119 cm³/mol. The van der Waals surface area contributed by atoms with Crippen molar-refractivity contribution in [1.29, 1.82) is 0 Å². The van der Waals surface area contributed by atoms with Crippen molar-refractivity contribution in [2.75, 3.05) is 35.6 Å². The first kappa shape index (κ1) is 20.1. The van der Waals surface area contributed by atoms with Gasteiger partial charge in [-0.2, -0.15) is 4.98 Å². The van der Waals surface area contributed by atoms with Crippen LogP contribution >= 0.6 is 11.6 Å². The zero-order chi connectivity index (χ0) is 19.8. The van der Waals surface area contributed by atoms with Crippen LogP contribution in [0.4, 0.5) is 17.5 Å². The van der Waals surface area contributed by atoms with Gasteiger partial charge in [0.25, 0.3) is 0 Å². The fourth-order valence-corrected chi connectivity index (χ4v) is 3.11. The van der Waals surface area contributed by atoms with E-state index in [9.17, 15) is 0 Å². The normalized spacial score (nSPS) is 10.8. The van der Waals surface area contributed by atoms with Crippen LogP contribution in [0.2, 0.25) is 5.02 Å². The molecule has 2 aromatic heterocycles. The molecule has 0 aliphatic heterocycles. The number of rotatable bonds is 10. The third-order valence-electron chi connectivity index (χ3n) is 4.32. The number of hydrogen-bond donors (Lipinski definition) is 3. The Hall–Kier alpha value is -2.60. The predicted octanol–water partition coefficient (Wildman–Crippen LogP) is 5.11. The summed E-state index contributed by atoms with van der Waals surface area (Å²) in [6.07, 6.45) is 4.95. The van der Waals surface area contributed by atoms with Crippen LogP contribution in [-0.4, -0.2) is 34.6 Å². The van der Waals surface area contributed by atoms with E-state index in [-0.39, 0.29) is 0 Å². The smallest absolute Gasteiger partial charge is 0.224 e. The highest BCUT2D eigenvalue weighted by Crippen LogP contribution is 2.24. The fourth-order valence-electron chi connectivity index (χ4n) is 2.94. The van der Waals surface area contributed by atoms with Gasteiger partial charge in [0.2, 0.25) is 5.95 Å². The molecule has 28 heavy (non-hydrogen) atoms. The summed E-state index contributed by atoms with van der Waals surface area (Å²) < 4.78 is 0. The molecular formula is C21H27ClN6. The van der Waals surface area contributed by atoms with Crippen LogP contribution in [0.3, 0.4) is 0 Å². The molecule has 0 unspecified atom stereocenters. The van der Waals surface area contributed by atoms with Crippen molar-refractivity contribution in [2.45, 2.75) is 33.1 Å². The van der Waals surface area contributed by atoms with Gasteiger partial charge < -0.3 is 16.0 Å². The molecule has 0 spiro atoms. The monoisotopic (exact) mass is 398 g/mol. The summed E-state index contributed by atoms with van der Waals surface area (Å²) in [5.41, 5.74) is 2.96. The molecule has 0 amide bonds. The second-order valence-electron chi connectivity index (χ2n) is 6.73. The topological polar surface area (TPSA) is 74.8 Å². The number of aryl methyl sites for hydroxylation is 1. The molecular weight excluding hydrogens is 372 g/mol. The molecule has 3 rings (SSSR count). The van der Waals surface area contributed by atoms with Gasteiger partial charge in [0, 0.05) is 53.7 Å². The number of pyridine rings is 1. The summed E-state index contributed by atoms with van der Waals surface area (Å²) in [6, 6.07) is 9.77. The Morgan fingerprint density at radius 1 is 0.929 bits per heavy atom. The van der Waals surface area contributed by atoms with Gasteiger partial charge in [0.15, 0.2) is 0 Å². The van der Waals surface area contributed by atoms with Crippen LogP contribution in [0, 0.1) is 6.92 Å². The first-order chi connectivity index (χ1) is 13.7. The second kappa shape index (κ2) is 10.1. The molecule has 3 N–H and O–H groups in total. The van der Waals surface area contributed by atoms with Gasteiger partial charge in [-0.3, -0.25) is 4.98 Å². The molecule has 0 saturated carbocycles. The summed E-state index contributed by atoms with van der Waals surface area (Å²) >= 11 is 6.05. The standard InChI is InChI=1S/C21H27ClN6/c1-3-9-26-21-27-15(2)13-20(28-21)25-11-5-4-10-23-18-8-12-24-19-14-16(22)6-7-17(18)19/h6-8,12-14H,3-5,9-11H2,1-2H3,(H,23,24)(H2,25,26,27,28). The molecule has 3 aromatic rings. The highest BCUT2D eigenvalue weighted by molar-refractivity contribution is 6.31. The Labute approximate surface area is 171 Å². The van der Waals surface area contributed by atoms with Crippen LogP contribution in [0.15, 0.2) is 36.5 Å². The van der Waals surface area contributed by atoms with Crippen LogP contribution in [0.1, 0.15) is 31.9 Å². The minimum absolute atomic E-state index is 0.690. The van der Waals surface area contributed by atoms with Gasteiger partial charge in [-0.05, 0) is 50.5 Å². The quantitative estimate of drug-likeness (QED) is 0.412. The molecule has 0 atom stereocenters. The van der Waals surface area contributed by atoms with E-state index < -0.39 is 0 Å². The van der Waals surface area contributed by atoms with Crippen molar-refractivity contribution in [1.82, 2.24) is 15.0 Å². The SMILES string of the molecule is CCCNc1nc(C)cc(NCCCCNc2ccnc3cc(Cl)ccc23)n1. The average Bonchev–Trinajstić information content (AvgIpc) is 2.68. The number of nitrogens with zero attached hydrogens (tertiary/aromatic N) is 3. The number of aromatic nitrogens is 3. The lowest BCUT2D eigenvalue weighted by molar-refractivity contribution is 0.793. The lowest BCUT2D eigenvalue weighted by Gasteiger charge is -2.11. The Morgan fingerprint density at radius 3 is 2.57 bits per heavy atom. The number of benzene rings is 1. The molecule has 1 aromatic carbocycles. The summed E-state index contributed by atoms with van der Waals surface area (Å²) in [5.74, 6) is 1.56. The van der Waals surface area contributed by atoms with Crippen molar-refractivity contribution in [3.05, 3.63) is 47.2 Å². The van der Waals surface area contributed by atoms with E-state index in [1.165, 1.54) is 0 Å². The Balaban J connectivity index is 1.44. The van der Waals surface area contributed by atoms with E-state index in [0.717, 1.165) is 67.0 Å². The van der Waals surface area contributed by atoms with Gasteiger partial charge in [-0.25, -0.2) is 4.98 Å². The van der Waals surface area contributed by atoms with E-state index in [1.54, 1.807) is 0 Å².